The van der Waals surface area contributed by atoms with Gasteiger partial charge in [-0.3, -0.25) is 4.79 Å². The maximum atomic E-state index is 13.8. The number of fused-ring (bicyclic) bond motifs is 1. The zero-order valence-corrected chi connectivity index (χ0v) is 11.5. The Bertz CT molecular complexity index is 715. The average molecular weight is 286 g/mol. The maximum absolute atomic E-state index is 13.8. The molecule has 2 aromatic rings. The van der Waals surface area contributed by atoms with Crippen LogP contribution in [0.25, 0.3) is 0 Å². The predicted molar refractivity (Wildman–Crippen MR) is 77.8 cm³/mol. The minimum atomic E-state index is -0.580. The monoisotopic (exact) mass is 286 g/mol. The highest BCUT2D eigenvalue weighted by atomic mass is 19.1. The number of carbonyl (C=O) groups excluding carboxylic acids is 1. The molecule has 0 aromatic heterocycles. The van der Waals surface area contributed by atoms with Crippen molar-refractivity contribution in [3.63, 3.8) is 0 Å². The maximum Gasteiger partial charge on any atom is 0.228 e. The number of amides is 1. The van der Waals surface area contributed by atoms with Crippen LogP contribution in [0.5, 0.6) is 5.75 Å². The molecule has 0 saturated carbocycles. The lowest BCUT2D eigenvalue weighted by Crippen LogP contribution is -2.15. The van der Waals surface area contributed by atoms with Crippen LogP contribution in [0.2, 0.25) is 0 Å². The highest BCUT2D eigenvalue weighted by Crippen LogP contribution is 2.36. The molecule has 1 unspecified atom stereocenters. The molecule has 3 N–H and O–H groups in total. The molecule has 21 heavy (non-hydrogen) atoms. The third-order valence-corrected chi connectivity index (χ3v) is 3.64. The molecule has 0 saturated heterocycles. The quantitative estimate of drug-likeness (QED) is 0.910. The van der Waals surface area contributed by atoms with Crippen LogP contribution in [-0.4, -0.2) is 13.0 Å². The largest absolute Gasteiger partial charge is 0.496 e. The summed E-state index contributed by atoms with van der Waals surface area (Å²) in [6, 6.07) is 9.46. The number of nitrogens with two attached hydrogens (primary N) is 1. The average Bonchev–Trinajstić information content (AvgIpc) is 2.85. The molecule has 5 heteroatoms. The van der Waals surface area contributed by atoms with Gasteiger partial charge in [-0.05, 0) is 23.8 Å². The second kappa shape index (κ2) is 5.18. The molecule has 3 rings (SSSR count). The van der Waals surface area contributed by atoms with Gasteiger partial charge < -0.3 is 15.8 Å². The van der Waals surface area contributed by atoms with Crippen LogP contribution >= 0.6 is 0 Å². The second-order valence-electron chi connectivity index (χ2n) is 4.97. The van der Waals surface area contributed by atoms with Crippen molar-refractivity contribution in [2.24, 2.45) is 5.73 Å². The van der Waals surface area contributed by atoms with Gasteiger partial charge in [0.15, 0.2) is 0 Å². The van der Waals surface area contributed by atoms with E-state index >= 15 is 0 Å². The number of anilines is 1. The summed E-state index contributed by atoms with van der Waals surface area (Å²) >= 11 is 0. The van der Waals surface area contributed by atoms with E-state index in [9.17, 15) is 9.18 Å². The van der Waals surface area contributed by atoms with Crippen molar-refractivity contribution in [3.8, 4) is 5.75 Å². The fraction of sp³-hybridized carbons (Fsp3) is 0.188. The van der Waals surface area contributed by atoms with Crippen LogP contribution in [0.1, 0.15) is 22.7 Å². The summed E-state index contributed by atoms with van der Waals surface area (Å²) in [4.78, 5) is 11.5. The molecule has 1 amide bonds. The number of halogens is 1. The van der Waals surface area contributed by atoms with Gasteiger partial charge in [-0.25, -0.2) is 4.39 Å². The summed E-state index contributed by atoms with van der Waals surface area (Å²) in [6.07, 6.45) is 0.179. The Labute approximate surface area is 121 Å². The van der Waals surface area contributed by atoms with Crippen LogP contribution in [0.4, 0.5) is 10.1 Å². The van der Waals surface area contributed by atoms with Gasteiger partial charge in [-0.2, -0.15) is 0 Å². The van der Waals surface area contributed by atoms with E-state index in [0.29, 0.717) is 22.6 Å². The Balaban J connectivity index is 2.11. The first-order valence-corrected chi connectivity index (χ1v) is 6.61. The van der Waals surface area contributed by atoms with Gasteiger partial charge in [0, 0.05) is 16.8 Å². The zero-order chi connectivity index (χ0) is 15.0. The Kier molecular flexibility index (Phi) is 3.35. The molecular formula is C16H15FN2O2. The highest BCUT2D eigenvalue weighted by Gasteiger charge is 2.26. The zero-order valence-electron chi connectivity index (χ0n) is 11.5. The van der Waals surface area contributed by atoms with Crippen molar-refractivity contribution in [3.05, 3.63) is 58.9 Å². The minimum Gasteiger partial charge on any atom is -0.496 e. The first kappa shape index (κ1) is 13.6. The molecule has 1 atom stereocenters. The highest BCUT2D eigenvalue weighted by molar-refractivity contribution is 6.00. The molecule has 2 aromatic carbocycles. The van der Waals surface area contributed by atoms with Gasteiger partial charge in [0.1, 0.15) is 11.6 Å². The molecule has 1 aliphatic heterocycles. The van der Waals surface area contributed by atoms with E-state index in [1.54, 1.807) is 13.2 Å². The summed E-state index contributed by atoms with van der Waals surface area (Å²) < 4.78 is 19.1. The Hall–Kier alpha value is -2.40. The fourth-order valence-corrected chi connectivity index (χ4v) is 2.67. The number of ether oxygens (including phenoxy) is 1. The molecule has 108 valence electrons. The number of hydrogen-bond acceptors (Lipinski definition) is 3. The lowest BCUT2D eigenvalue weighted by molar-refractivity contribution is -0.115. The van der Waals surface area contributed by atoms with Crippen molar-refractivity contribution < 1.29 is 13.9 Å². The predicted octanol–water partition coefficient (Wildman–Crippen LogP) is 2.38. The van der Waals surface area contributed by atoms with Crippen LogP contribution in [-0.2, 0) is 11.2 Å². The Morgan fingerprint density at radius 3 is 2.81 bits per heavy atom. The molecule has 4 nitrogen and oxygen atoms in total. The van der Waals surface area contributed by atoms with E-state index < -0.39 is 11.9 Å². The number of carbonyl (C=O) groups is 1. The number of nitrogens with one attached hydrogen (secondary N) is 1. The molecule has 0 spiro atoms. The lowest BCUT2D eigenvalue weighted by atomic mass is 9.95. The van der Waals surface area contributed by atoms with Gasteiger partial charge >= 0.3 is 0 Å². The first-order chi connectivity index (χ1) is 10.1. The second-order valence-corrected chi connectivity index (χ2v) is 4.97. The van der Waals surface area contributed by atoms with Gasteiger partial charge in [0.25, 0.3) is 0 Å². The molecule has 0 radical (unpaired) electrons. The molecule has 0 aliphatic carbocycles. The Morgan fingerprint density at radius 2 is 2.05 bits per heavy atom. The molecule has 0 bridgehead atoms. The van der Waals surface area contributed by atoms with E-state index in [1.165, 1.54) is 12.1 Å². The van der Waals surface area contributed by atoms with Gasteiger partial charge in [-0.1, -0.05) is 18.2 Å². The van der Waals surface area contributed by atoms with Crippen molar-refractivity contribution in [2.45, 2.75) is 12.5 Å². The molecule has 1 aliphatic rings. The number of rotatable bonds is 3. The first-order valence-electron chi connectivity index (χ1n) is 6.61. The van der Waals surface area contributed by atoms with Gasteiger partial charge in [0.05, 0.1) is 19.6 Å². The van der Waals surface area contributed by atoms with E-state index in [4.69, 9.17) is 10.5 Å². The van der Waals surface area contributed by atoms with Crippen molar-refractivity contribution in [1.82, 2.24) is 0 Å². The standard InChI is InChI=1S/C16H15FN2O2/c1-21-13-5-3-2-4-11(13)15(18)12-8-10(17)6-9-7-14(20)19-16(9)12/h2-6,8,15H,7,18H2,1H3,(H,19,20). The summed E-state index contributed by atoms with van der Waals surface area (Å²) in [7, 11) is 1.56. The summed E-state index contributed by atoms with van der Waals surface area (Å²) in [5.74, 6) is 0.0852. The number of methoxy groups -OCH3 is 1. The fourth-order valence-electron chi connectivity index (χ4n) is 2.67. The van der Waals surface area contributed by atoms with Crippen molar-refractivity contribution >= 4 is 11.6 Å². The topological polar surface area (TPSA) is 64.3 Å². The molecule has 1 heterocycles. The smallest absolute Gasteiger partial charge is 0.228 e. The number of benzene rings is 2. The van der Waals surface area contributed by atoms with Crippen molar-refractivity contribution in [1.29, 1.82) is 0 Å². The Morgan fingerprint density at radius 1 is 1.29 bits per heavy atom. The number of para-hydroxylation sites is 1. The van der Waals surface area contributed by atoms with E-state index in [-0.39, 0.29) is 12.3 Å². The summed E-state index contributed by atoms with van der Waals surface area (Å²) in [5, 5.41) is 2.75. The van der Waals surface area contributed by atoms with Crippen LogP contribution in [0, 0.1) is 5.82 Å². The van der Waals surface area contributed by atoms with E-state index in [0.717, 1.165) is 5.56 Å². The van der Waals surface area contributed by atoms with Crippen LogP contribution in [0.15, 0.2) is 36.4 Å². The van der Waals surface area contributed by atoms with Crippen LogP contribution in [0.3, 0.4) is 0 Å². The molecular weight excluding hydrogens is 271 g/mol. The van der Waals surface area contributed by atoms with Crippen LogP contribution < -0.4 is 15.8 Å². The molecule has 0 fully saturated rings. The SMILES string of the molecule is COc1ccccc1C(N)c1cc(F)cc2c1NC(=O)C2. The third-order valence-electron chi connectivity index (χ3n) is 3.64. The van der Waals surface area contributed by atoms with Gasteiger partial charge in [-0.15, -0.1) is 0 Å². The van der Waals surface area contributed by atoms with Gasteiger partial charge in [0.2, 0.25) is 5.91 Å². The summed E-state index contributed by atoms with van der Waals surface area (Å²) in [5.41, 5.74) is 8.83. The minimum absolute atomic E-state index is 0.149. The summed E-state index contributed by atoms with van der Waals surface area (Å²) in [6.45, 7) is 0. The van der Waals surface area contributed by atoms with E-state index in [2.05, 4.69) is 5.32 Å². The lowest BCUT2D eigenvalue weighted by Gasteiger charge is -2.19. The van der Waals surface area contributed by atoms with Crippen molar-refractivity contribution in [2.75, 3.05) is 12.4 Å². The normalized spacial score (nSPS) is 14.5. The number of hydrogen-bond donors (Lipinski definition) is 2. The van der Waals surface area contributed by atoms with E-state index in [1.807, 2.05) is 18.2 Å². The third kappa shape index (κ3) is 2.36.